The molecule has 26 heavy (non-hydrogen) atoms. The molecule has 1 saturated heterocycles. The van der Waals surface area contributed by atoms with Crippen molar-refractivity contribution in [3.05, 3.63) is 36.2 Å². The number of benzene rings is 1. The van der Waals surface area contributed by atoms with E-state index in [4.69, 9.17) is 14.2 Å². The summed E-state index contributed by atoms with van der Waals surface area (Å²) in [6.07, 6.45) is 4.08. The van der Waals surface area contributed by atoms with Crippen molar-refractivity contribution >= 4 is 5.91 Å². The fourth-order valence-electron chi connectivity index (χ4n) is 3.11. The number of nitrogens with one attached hydrogen (secondary N) is 2. The molecule has 0 bridgehead atoms. The van der Waals surface area contributed by atoms with Crippen molar-refractivity contribution < 1.29 is 19.0 Å². The largest absolute Gasteiger partial charge is 0.492 e. The zero-order chi connectivity index (χ0) is 17.8. The quantitative estimate of drug-likeness (QED) is 0.758. The third-order valence-corrected chi connectivity index (χ3v) is 4.49. The molecule has 1 unspecified atom stereocenters. The van der Waals surface area contributed by atoms with Crippen molar-refractivity contribution in [3.8, 4) is 17.2 Å². The maximum absolute atomic E-state index is 12.2. The van der Waals surface area contributed by atoms with Gasteiger partial charge in [-0.15, -0.1) is 0 Å². The van der Waals surface area contributed by atoms with Gasteiger partial charge in [0.15, 0.2) is 11.5 Å². The van der Waals surface area contributed by atoms with E-state index < -0.39 is 0 Å². The predicted molar refractivity (Wildman–Crippen MR) is 93.8 cm³/mol. The van der Waals surface area contributed by atoms with Gasteiger partial charge < -0.3 is 24.8 Å². The van der Waals surface area contributed by atoms with Crippen LogP contribution in [0.3, 0.4) is 0 Å². The average molecular weight is 358 g/mol. The van der Waals surface area contributed by atoms with Gasteiger partial charge in [-0.2, -0.15) is 5.10 Å². The van der Waals surface area contributed by atoms with E-state index in [9.17, 15) is 4.79 Å². The highest BCUT2D eigenvalue weighted by molar-refractivity contribution is 5.92. The van der Waals surface area contributed by atoms with Crippen LogP contribution in [0, 0.1) is 0 Å². The van der Waals surface area contributed by atoms with Gasteiger partial charge in [-0.05, 0) is 37.6 Å². The van der Waals surface area contributed by atoms with E-state index in [1.807, 2.05) is 23.0 Å². The van der Waals surface area contributed by atoms with Crippen molar-refractivity contribution in [2.24, 2.45) is 0 Å². The molecule has 0 radical (unpaired) electrons. The zero-order valence-electron chi connectivity index (χ0n) is 14.4. The Balaban J connectivity index is 1.23. The van der Waals surface area contributed by atoms with Crippen molar-refractivity contribution in [1.82, 2.24) is 20.4 Å². The maximum Gasteiger partial charge on any atom is 0.271 e. The third kappa shape index (κ3) is 3.75. The average Bonchev–Trinajstić information content (AvgIpc) is 3.35. The highest BCUT2D eigenvalue weighted by atomic mass is 16.7. The number of rotatable bonds is 6. The predicted octanol–water partition coefficient (Wildman–Crippen LogP) is 1.35. The van der Waals surface area contributed by atoms with Gasteiger partial charge in [0.25, 0.3) is 5.91 Å². The summed E-state index contributed by atoms with van der Waals surface area (Å²) < 4.78 is 18.1. The summed E-state index contributed by atoms with van der Waals surface area (Å²) in [4.78, 5) is 12.2. The number of hydrogen-bond acceptors (Lipinski definition) is 6. The van der Waals surface area contributed by atoms with Gasteiger partial charge >= 0.3 is 0 Å². The monoisotopic (exact) mass is 358 g/mol. The van der Waals surface area contributed by atoms with Crippen LogP contribution in [0.4, 0.5) is 0 Å². The van der Waals surface area contributed by atoms with Gasteiger partial charge in [0.05, 0.1) is 12.6 Å². The molecular formula is C18H22N4O4. The maximum atomic E-state index is 12.2. The molecular weight excluding hydrogens is 336 g/mol. The molecule has 8 nitrogen and oxygen atoms in total. The lowest BCUT2D eigenvalue weighted by molar-refractivity contribution is 0.0940. The summed E-state index contributed by atoms with van der Waals surface area (Å²) in [5, 5.41) is 10.6. The molecule has 1 amide bonds. The van der Waals surface area contributed by atoms with Gasteiger partial charge in [0.1, 0.15) is 18.1 Å². The van der Waals surface area contributed by atoms with Crippen LogP contribution in [0.5, 0.6) is 17.2 Å². The molecule has 1 fully saturated rings. The number of hydrogen-bond donors (Lipinski definition) is 2. The Morgan fingerprint density at radius 3 is 3.15 bits per heavy atom. The highest BCUT2D eigenvalue weighted by Crippen LogP contribution is 2.34. The number of amides is 1. The molecule has 3 heterocycles. The van der Waals surface area contributed by atoms with Gasteiger partial charge in [-0.1, -0.05) is 0 Å². The summed E-state index contributed by atoms with van der Waals surface area (Å²) >= 11 is 0. The molecule has 2 N–H and O–H groups in total. The van der Waals surface area contributed by atoms with E-state index in [-0.39, 0.29) is 12.7 Å². The number of piperidine rings is 1. The van der Waals surface area contributed by atoms with E-state index in [0.29, 0.717) is 36.4 Å². The van der Waals surface area contributed by atoms with E-state index in [2.05, 4.69) is 15.7 Å². The first kappa shape index (κ1) is 16.7. The normalized spacial score (nSPS) is 18.5. The molecule has 2 aliphatic rings. The van der Waals surface area contributed by atoms with Gasteiger partial charge in [-0.25, -0.2) is 0 Å². The molecule has 0 saturated carbocycles. The van der Waals surface area contributed by atoms with E-state index in [1.54, 1.807) is 12.1 Å². The van der Waals surface area contributed by atoms with Gasteiger partial charge in [0, 0.05) is 18.8 Å². The summed E-state index contributed by atoms with van der Waals surface area (Å²) in [7, 11) is 0. The third-order valence-electron chi connectivity index (χ3n) is 4.49. The second-order valence-electron chi connectivity index (χ2n) is 6.30. The molecule has 1 aromatic carbocycles. The molecule has 138 valence electrons. The molecule has 8 heteroatoms. The summed E-state index contributed by atoms with van der Waals surface area (Å²) in [6.45, 7) is 2.93. The standard InChI is InChI=1S/C18H22N4O4/c23-18(15-5-8-22(21-15)13-2-1-6-19-11-13)20-7-9-24-14-3-4-16-17(10-14)26-12-25-16/h3-5,8,10,13,19H,1-2,6-7,9,11-12H2,(H,20,23). The van der Waals surface area contributed by atoms with Crippen molar-refractivity contribution in [2.45, 2.75) is 18.9 Å². The van der Waals surface area contributed by atoms with Crippen molar-refractivity contribution in [3.63, 3.8) is 0 Å². The molecule has 1 aromatic heterocycles. The van der Waals surface area contributed by atoms with Crippen LogP contribution in [0.2, 0.25) is 0 Å². The Hall–Kier alpha value is -2.74. The summed E-state index contributed by atoms with van der Waals surface area (Å²) in [5.41, 5.74) is 0.429. The van der Waals surface area contributed by atoms with Crippen molar-refractivity contribution in [1.29, 1.82) is 0 Å². The van der Waals surface area contributed by atoms with E-state index in [1.165, 1.54) is 0 Å². The lowest BCUT2D eigenvalue weighted by Gasteiger charge is -2.22. The molecule has 1 atom stereocenters. The fourth-order valence-corrected chi connectivity index (χ4v) is 3.11. The second-order valence-corrected chi connectivity index (χ2v) is 6.30. The minimum atomic E-state index is -0.193. The number of ether oxygens (including phenoxy) is 3. The van der Waals surface area contributed by atoms with Crippen LogP contribution in [0.1, 0.15) is 29.4 Å². The first-order chi connectivity index (χ1) is 12.8. The number of nitrogens with zero attached hydrogens (tertiary/aromatic N) is 2. The van der Waals surface area contributed by atoms with Crippen LogP contribution < -0.4 is 24.8 Å². The SMILES string of the molecule is O=C(NCCOc1ccc2c(c1)OCO2)c1ccn(C2CCCNC2)n1. The second kappa shape index (κ2) is 7.65. The van der Waals surface area contributed by atoms with Crippen LogP contribution in [-0.2, 0) is 0 Å². The Morgan fingerprint density at radius 2 is 2.27 bits per heavy atom. The Morgan fingerprint density at radius 1 is 1.35 bits per heavy atom. The summed E-state index contributed by atoms with van der Waals surface area (Å²) in [5.74, 6) is 1.88. The molecule has 0 spiro atoms. The van der Waals surface area contributed by atoms with Crippen LogP contribution >= 0.6 is 0 Å². The Labute approximate surface area is 151 Å². The van der Waals surface area contributed by atoms with Crippen LogP contribution in [-0.4, -0.2) is 48.7 Å². The van der Waals surface area contributed by atoms with Crippen LogP contribution in [0.15, 0.2) is 30.5 Å². The lowest BCUT2D eigenvalue weighted by atomic mass is 10.1. The van der Waals surface area contributed by atoms with Gasteiger partial charge in [0.2, 0.25) is 6.79 Å². The van der Waals surface area contributed by atoms with Gasteiger partial charge in [-0.3, -0.25) is 9.48 Å². The number of carbonyl (C=O) groups is 1. The molecule has 2 aromatic rings. The molecule has 4 rings (SSSR count). The Bertz CT molecular complexity index is 770. The number of fused-ring (bicyclic) bond motifs is 1. The summed E-state index contributed by atoms with van der Waals surface area (Å²) in [6, 6.07) is 7.48. The smallest absolute Gasteiger partial charge is 0.271 e. The minimum Gasteiger partial charge on any atom is -0.492 e. The van der Waals surface area contributed by atoms with Crippen LogP contribution in [0.25, 0.3) is 0 Å². The highest BCUT2D eigenvalue weighted by Gasteiger charge is 2.17. The lowest BCUT2D eigenvalue weighted by Crippen LogP contribution is -2.32. The zero-order valence-corrected chi connectivity index (χ0v) is 14.4. The first-order valence-corrected chi connectivity index (χ1v) is 8.86. The topological polar surface area (TPSA) is 86.6 Å². The Kier molecular flexibility index (Phi) is 4.92. The van der Waals surface area contributed by atoms with E-state index in [0.717, 1.165) is 31.7 Å². The first-order valence-electron chi connectivity index (χ1n) is 8.86. The number of carbonyl (C=O) groups excluding carboxylic acids is 1. The fraction of sp³-hybridized carbons (Fsp3) is 0.444. The molecule has 2 aliphatic heterocycles. The van der Waals surface area contributed by atoms with Crippen molar-refractivity contribution in [2.75, 3.05) is 33.0 Å². The van der Waals surface area contributed by atoms with E-state index >= 15 is 0 Å². The number of aromatic nitrogens is 2. The molecule has 0 aliphatic carbocycles. The minimum absolute atomic E-state index is 0.193.